The van der Waals surface area contributed by atoms with Gasteiger partial charge in [0, 0.05) is 23.6 Å². The van der Waals surface area contributed by atoms with Crippen molar-refractivity contribution in [3.8, 4) is 5.75 Å². The molecule has 1 amide bonds. The lowest BCUT2D eigenvalue weighted by molar-refractivity contribution is -0.145. The third-order valence-corrected chi connectivity index (χ3v) is 5.53. The molecule has 1 aliphatic carbocycles. The van der Waals surface area contributed by atoms with Crippen molar-refractivity contribution in [1.82, 2.24) is 5.32 Å². The Labute approximate surface area is 161 Å². The molecule has 0 bridgehead atoms. The summed E-state index contributed by atoms with van der Waals surface area (Å²) in [4.78, 5) is 25.3. The van der Waals surface area contributed by atoms with E-state index >= 15 is 0 Å². The van der Waals surface area contributed by atoms with Gasteiger partial charge in [0.15, 0.2) is 0 Å². The first kappa shape index (κ1) is 19.5. The molecule has 1 heterocycles. The smallest absolute Gasteiger partial charge is 0.336 e. The highest BCUT2D eigenvalue weighted by molar-refractivity contribution is 5.96. The normalized spacial score (nSPS) is 21.9. The van der Waals surface area contributed by atoms with Crippen molar-refractivity contribution < 1.29 is 19.1 Å². The average molecular weight is 371 g/mol. The third-order valence-electron chi connectivity index (χ3n) is 5.53. The Morgan fingerprint density at radius 2 is 1.74 bits per heavy atom. The van der Waals surface area contributed by atoms with E-state index in [9.17, 15) is 9.59 Å². The molecular formula is C22H29NO4. The molecule has 0 unspecified atom stereocenters. The molecule has 5 nitrogen and oxygen atoms in total. The molecule has 1 aromatic carbocycles. The van der Waals surface area contributed by atoms with Gasteiger partial charge in [-0.1, -0.05) is 37.5 Å². The zero-order chi connectivity index (χ0) is 19.2. The summed E-state index contributed by atoms with van der Waals surface area (Å²) in [6, 6.07) is 7.55. The summed E-state index contributed by atoms with van der Waals surface area (Å²) >= 11 is 0. The summed E-state index contributed by atoms with van der Waals surface area (Å²) in [6.45, 7) is 1.77. The summed E-state index contributed by atoms with van der Waals surface area (Å²) < 4.78 is 11.4. The quantitative estimate of drug-likeness (QED) is 0.805. The van der Waals surface area contributed by atoms with E-state index in [0.29, 0.717) is 17.0 Å². The average Bonchev–Trinajstić information content (AvgIpc) is 2.63. The molecule has 1 saturated carbocycles. The first-order valence-electron chi connectivity index (χ1n) is 9.94. The van der Waals surface area contributed by atoms with Crippen LogP contribution in [0.4, 0.5) is 0 Å². The highest BCUT2D eigenvalue weighted by atomic mass is 16.5. The maximum atomic E-state index is 13.1. The van der Waals surface area contributed by atoms with E-state index in [4.69, 9.17) is 9.47 Å². The number of allylic oxidation sites excluding steroid dienone is 1. The molecule has 1 aromatic rings. The van der Waals surface area contributed by atoms with Crippen LogP contribution in [0.2, 0.25) is 0 Å². The molecule has 1 N–H and O–H groups in total. The maximum absolute atomic E-state index is 13.1. The minimum absolute atomic E-state index is 0.0333. The van der Waals surface area contributed by atoms with Gasteiger partial charge in [0.05, 0.1) is 12.7 Å². The molecule has 0 spiro atoms. The van der Waals surface area contributed by atoms with Crippen LogP contribution in [0.15, 0.2) is 35.5 Å². The van der Waals surface area contributed by atoms with Crippen LogP contribution in [-0.2, 0) is 14.3 Å². The summed E-state index contributed by atoms with van der Waals surface area (Å²) in [7, 11) is 1.60. The van der Waals surface area contributed by atoms with Crippen LogP contribution in [0.5, 0.6) is 5.75 Å². The van der Waals surface area contributed by atoms with Crippen LogP contribution >= 0.6 is 0 Å². The highest BCUT2D eigenvalue weighted by Crippen LogP contribution is 2.38. The van der Waals surface area contributed by atoms with E-state index < -0.39 is 0 Å². The highest BCUT2D eigenvalue weighted by Gasteiger charge is 2.35. The molecule has 1 atom stereocenters. The topological polar surface area (TPSA) is 64.6 Å². The van der Waals surface area contributed by atoms with Crippen LogP contribution in [-0.4, -0.2) is 25.1 Å². The van der Waals surface area contributed by atoms with Gasteiger partial charge in [-0.3, -0.25) is 4.79 Å². The van der Waals surface area contributed by atoms with Gasteiger partial charge in [-0.05, 0) is 38.7 Å². The van der Waals surface area contributed by atoms with E-state index in [1.165, 1.54) is 19.3 Å². The molecule has 5 heteroatoms. The number of hydrogen-bond acceptors (Lipinski definition) is 4. The lowest BCUT2D eigenvalue weighted by Gasteiger charge is -2.29. The van der Waals surface area contributed by atoms with Crippen molar-refractivity contribution in [3.05, 3.63) is 41.1 Å². The number of para-hydroxylation sites is 1. The Hall–Kier alpha value is -2.30. The van der Waals surface area contributed by atoms with Gasteiger partial charge in [0.1, 0.15) is 11.9 Å². The van der Waals surface area contributed by atoms with E-state index in [1.54, 1.807) is 14.0 Å². The van der Waals surface area contributed by atoms with Crippen LogP contribution in [0.1, 0.15) is 69.8 Å². The van der Waals surface area contributed by atoms with Crippen molar-refractivity contribution in [2.75, 3.05) is 7.11 Å². The second-order valence-corrected chi connectivity index (χ2v) is 7.46. The van der Waals surface area contributed by atoms with E-state index in [2.05, 4.69) is 5.32 Å². The second kappa shape index (κ2) is 9.07. The summed E-state index contributed by atoms with van der Waals surface area (Å²) in [5, 5.41) is 2.81. The number of carbonyl (C=O) groups excluding carboxylic acids is 2. The van der Waals surface area contributed by atoms with Crippen molar-refractivity contribution in [1.29, 1.82) is 0 Å². The van der Waals surface area contributed by atoms with Gasteiger partial charge in [0.25, 0.3) is 0 Å². The molecule has 0 aromatic heterocycles. The fourth-order valence-corrected chi connectivity index (χ4v) is 4.14. The van der Waals surface area contributed by atoms with Gasteiger partial charge in [-0.25, -0.2) is 4.79 Å². The number of amides is 1. The van der Waals surface area contributed by atoms with E-state index in [-0.39, 0.29) is 30.3 Å². The predicted molar refractivity (Wildman–Crippen MR) is 103 cm³/mol. The first-order chi connectivity index (χ1) is 13.1. The standard InChI is InChI=1S/C22H29NO4/c1-15-21(22(25)27-16-10-6-4-3-5-7-11-16)18(14-20(24)23-15)17-12-8-9-13-19(17)26-2/h8-9,12-13,16,18H,3-7,10-11,14H2,1-2H3,(H,23,24)/t18-/m0/s1. The fraction of sp³-hybridized carbons (Fsp3) is 0.545. The van der Waals surface area contributed by atoms with Crippen LogP contribution in [0.3, 0.4) is 0 Å². The zero-order valence-corrected chi connectivity index (χ0v) is 16.3. The van der Waals surface area contributed by atoms with E-state index in [0.717, 1.165) is 31.2 Å². The van der Waals surface area contributed by atoms with Crippen LogP contribution in [0, 0.1) is 0 Å². The van der Waals surface area contributed by atoms with E-state index in [1.807, 2.05) is 24.3 Å². The minimum atomic E-state index is -0.351. The SMILES string of the molecule is COc1ccccc1[C@@H]1CC(=O)NC(C)=C1C(=O)OC1CCCCCCC1. The monoisotopic (exact) mass is 371 g/mol. The number of rotatable bonds is 4. The van der Waals surface area contributed by atoms with Crippen molar-refractivity contribution in [2.45, 2.75) is 70.3 Å². The van der Waals surface area contributed by atoms with Gasteiger partial charge >= 0.3 is 5.97 Å². The van der Waals surface area contributed by atoms with Gasteiger partial charge in [-0.2, -0.15) is 0 Å². The third kappa shape index (κ3) is 4.71. The Kier molecular flexibility index (Phi) is 6.54. The Morgan fingerprint density at radius 3 is 2.44 bits per heavy atom. The molecule has 1 fully saturated rings. The number of ether oxygens (including phenoxy) is 2. The molecular weight excluding hydrogens is 342 g/mol. The lowest BCUT2D eigenvalue weighted by atomic mass is 9.84. The number of benzene rings is 1. The number of nitrogens with one attached hydrogen (secondary N) is 1. The van der Waals surface area contributed by atoms with Gasteiger partial charge in [-0.15, -0.1) is 0 Å². The number of hydrogen-bond donors (Lipinski definition) is 1. The summed E-state index contributed by atoms with van der Waals surface area (Å²) in [6.07, 6.45) is 7.90. The fourth-order valence-electron chi connectivity index (χ4n) is 4.14. The summed E-state index contributed by atoms with van der Waals surface area (Å²) in [5.41, 5.74) is 1.97. The van der Waals surface area contributed by atoms with Crippen molar-refractivity contribution in [3.63, 3.8) is 0 Å². The minimum Gasteiger partial charge on any atom is -0.496 e. The van der Waals surface area contributed by atoms with Crippen molar-refractivity contribution >= 4 is 11.9 Å². The first-order valence-corrected chi connectivity index (χ1v) is 9.94. The Balaban J connectivity index is 1.86. The lowest BCUT2D eigenvalue weighted by Crippen LogP contribution is -2.35. The Bertz CT molecular complexity index is 717. The molecule has 0 saturated heterocycles. The summed E-state index contributed by atoms with van der Waals surface area (Å²) in [5.74, 6) is -0.0721. The molecule has 27 heavy (non-hydrogen) atoms. The largest absolute Gasteiger partial charge is 0.496 e. The molecule has 3 rings (SSSR count). The number of esters is 1. The Morgan fingerprint density at radius 1 is 1.07 bits per heavy atom. The molecule has 146 valence electrons. The van der Waals surface area contributed by atoms with Crippen LogP contribution < -0.4 is 10.1 Å². The van der Waals surface area contributed by atoms with Gasteiger partial charge < -0.3 is 14.8 Å². The van der Waals surface area contributed by atoms with Gasteiger partial charge in [0.2, 0.25) is 5.91 Å². The van der Waals surface area contributed by atoms with Crippen molar-refractivity contribution in [2.24, 2.45) is 0 Å². The number of methoxy groups -OCH3 is 1. The molecule has 2 aliphatic rings. The predicted octanol–water partition coefficient (Wildman–Crippen LogP) is 4.23. The zero-order valence-electron chi connectivity index (χ0n) is 16.3. The molecule has 0 radical (unpaired) electrons. The maximum Gasteiger partial charge on any atom is 0.336 e. The molecule has 1 aliphatic heterocycles. The number of carbonyl (C=O) groups is 2. The second-order valence-electron chi connectivity index (χ2n) is 7.46. The van der Waals surface area contributed by atoms with Crippen LogP contribution in [0.25, 0.3) is 0 Å².